The summed E-state index contributed by atoms with van der Waals surface area (Å²) in [5.41, 5.74) is 1.50. The number of ether oxygens (including phenoxy) is 1. The van der Waals surface area contributed by atoms with Gasteiger partial charge in [0.2, 0.25) is 0 Å². The number of nitrogens with zero attached hydrogens (tertiary/aromatic N) is 2. The maximum Gasteiger partial charge on any atom is 0.356 e. The van der Waals surface area contributed by atoms with Crippen LogP contribution in [-0.4, -0.2) is 22.6 Å². The van der Waals surface area contributed by atoms with E-state index in [0.29, 0.717) is 17.3 Å². The summed E-state index contributed by atoms with van der Waals surface area (Å²) in [6, 6.07) is 7.48. The fourth-order valence-corrected chi connectivity index (χ4v) is 1.83. The van der Waals surface area contributed by atoms with Crippen LogP contribution < -0.4 is 0 Å². The van der Waals surface area contributed by atoms with Gasteiger partial charge in [-0.3, -0.25) is 0 Å². The van der Waals surface area contributed by atoms with Gasteiger partial charge in [0, 0.05) is 11.6 Å². The van der Waals surface area contributed by atoms with Crippen molar-refractivity contribution >= 4 is 17.6 Å². The van der Waals surface area contributed by atoms with E-state index in [1.807, 2.05) is 35.8 Å². The molecule has 18 heavy (non-hydrogen) atoms. The zero-order valence-electron chi connectivity index (χ0n) is 10.2. The lowest BCUT2D eigenvalue weighted by molar-refractivity contribution is 0.0588. The predicted molar refractivity (Wildman–Crippen MR) is 68.9 cm³/mol. The van der Waals surface area contributed by atoms with Gasteiger partial charge in [-0.1, -0.05) is 23.7 Å². The average Bonchev–Trinajstić information content (AvgIpc) is 2.73. The molecule has 0 saturated heterocycles. The highest BCUT2D eigenvalue weighted by atomic mass is 35.5. The van der Waals surface area contributed by atoms with Crippen LogP contribution in [0.4, 0.5) is 0 Å². The summed E-state index contributed by atoms with van der Waals surface area (Å²) in [6.45, 7) is 2.41. The molecule has 0 N–H and O–H groups in total. The molecular formula is C13H13ClN2O2. The molecule has 0 radical (unpaired) electrons. The quantitative estimate of drug-likeness (QED) is 0.801. The minimum Gasteiger partial charge on any atom is -0.464 e. The highest BCUT2D eigenvalue weighted by Crippen LogP contribution is 2.13. The Morgan fingerprint density at radius 3 is 2.67 bits per heavy atom. The molecule has 0 aliphatic rings. The fraction of sp³-hybridized carbons (Fsp3) is 0.231. The SMILES string of the molecule is COC(=O)c1cnc(C)n1Cc1ccc(Cl)cc1. The minimum atomic E-state index is -0.385. The summed E-state index contributed by atoms with van der Waals surface area (Å²) >= 11 is 5.84. The fourth-order valence-electron chi connectivity index (χ4n) is 1.71. The molecule has 0 aliphatic carbocycles. The third-order valence-corrected chi connectivity index (χ3v) is 2.96. The van der Waals surface area contributed by atoms with Gasteiger partial charge in [0.15, 0.2) is 0 Å². The normalized spacial score (nSPS) is 10.4. The Labute approximate surface area is 110 Å². The van der Waals surface area contributed by atoms with Crippen LogP contribution >= 0.6 is 11.6 Å². The maximum atomic E-state index is 11.6. The number of aryl methyl sites for hydroxylation is 1. The number of hydrogen-bond donors (Lipinski definition) is 0. The zero-order chi connectivity index (χ0) is 13.1. The summed E-state index contributed by atoms with van der Waals surface area (Å²) < 4.78 is 6.54. The van der Waals surface area contributed by atoms with E-state index < -0.39 is 0 Å². The monoisotopic (exact) mass is 264 g/mol. The van der Waals surface area contributed by atoms with E-state index in [-0.39, 0.29) is 5.97 Å². The lowest BCUT2D eigenvalue weighted by atomic mass is 10.2. The second-order valence-electron chi connectivity index (χ2n) is 3.89. The number of methoxy groups -OCH3 is 1. The van der Waals surface area contributed by atoms with E-state index in [9.17, 15) is 4.79 Å². The van der Waals surface area contributed by atoms with Crippen LogP contribution in [0, 0.1) is 6.92 Å². The third kappa shape index (κ3) is 2.54. The third-order valence-electron chi connectivity index (χ3n) is 2.70. The predicted octanol–water partition coefficient (Wildman–Crippen LogP) is 2.68. The van der Waals surface area contributed by atoms with Crippen molar-refractivity contribution in [3.8, 4) is 0 Å². The molecule has 4 nitrogen and oxygen atoms in total. The van der Waals surface area contributed by atoms with Gasteiger partial charge in [-0.15, -0.1) is 0 Å². The van der Waals surface area contributed by atoms with Gasteiger partial charge < -0.3 is 9.30 Å². The molecule has 2 rings (SSSR count). The van der Waals surface area contributed by atoms with Crippen LogP contribution in [0.1, 0.15) is 21.9 Å². The first-order chi connectivity index (χ1) is 8.61. The number of aromatic nitrogens is 2. The Morgan fingerprint density at radius 2 is 2.06 bits per heavy atom. The summed E-state index contributed by atoms with van der Waals surface area (Å²) in [4.78, 5) is 15.7. The summed E-state index contributed by atoms with van der Waals surface area (Å²) in [5, 5.41) is 0.689. The Balaban J connectivity index is 2.31. The van der Waals surface area contributed by atoms with Crippen LogP contribution in [0.5, 0.6) is 0 Å². The molecular weight excluding hydrogens is 252 g/mol. The number of benzene rings is 1. The molecule has 2 aromatic rings. The second-order valence-corrected chi connectivity index (χ2v) is 4.33. The summed E-state index contributed by atoms with van der Waals surface area (Å²) in [7, 11) is 1.36. The molecule has 0 bridgehead atoms. The molecule has 1 heterocycles. The molecule has 0 saturated carbocycles. The van der Waals surface area contributed by atoms with E-state index in [1.54, 1.807) is 0 Å². The van der Waals surface area contributed by atoms with Gasteiger partial charge in [0.1, 0.15) is 11.5 Å². The first-order valence-electron chi connectivity index (χ1n) is 5.46. The van der Waals surface area contributed by atoms with Crippen molar-refractivity contribution < 1.29 is 9.53 Å². The molecule has 1 aromatic heterocycles. The lowest BCUT2D eigenvalue weighted by Gasteiger charge is -2.09. The molecule has 0 atom stereocenters. The summed E-state index contributed by atoms with van der Waals surface area (Å²) in [6.07, 6.45) is 1.52. The molecule has 94 valence electrons. The Bertz CT molecular complexity index is 561. The van der Waals surface area contributed by atoms with Crippen LogP contribution in [-0.2, 0) is 11.3 Å². The number of carbonyl (C=O) groups is 1. The minimum absolute atomic E-state index is 0.385. The van der Waals surface area contributed by atoms with Gasteiger partial charge in [-0.2, -0.15) is 0 Å². The first-order valence-corrected chi connectivity index (χ1v) is 5.84. The van der Waals surface area contributed by atoms with Crippen molar-refractivity contribution in [1.82, 2.24) is 9.55 Å². The van der Waals surface area contributed by atoms with Crippen molar-refractivity contribution in [2.75, 3.05) is 7.11 Å². The average molecular weight is 265 g/mol. The Hall–Kier alpha value is -1.81. The Morgan fingerprint density at radius 1 is 1.39 bits per heavy atom. The van der Waals surface area contributed by atoms with Gasteiger partial charge in [-0.05, 0) is 24.6 Å². The largest absolute Gasteiger partial charge is 0.464 e. The van der Waals surface area contributed by atoms with E-state index >= 15 is 0 Å². The molecule has 0 unspecified atom stereocenters. The number of rotatable bonds is 3. The second kappa shape index (κ2) is 5.23. The van der Waals surface area contributed by atoms with Crippen molar-refractivity contribution in [3.63, 3.8) is 0 Å². The standard InChI is InChI=1S/C13H13ClN2O2/c1-9-15-7-12(13(17)18-2)16(9)8-10-3-5-11(14)6-4-10/h3-7H,8H2,1-2H3. The van der Waals surface area contributed by atoms with Gasteiger partial charge in [0.05, 0.1) is 13.3 Å². The molecule has 0 fully saturated rings. The van der Waals surface area contributed by atoms with Gasteiger partial charge in [0.25, 0.3) is 0 Å². The zero-order valence-corrected chi connectivity index (χ0v) is 10.9. The lowest BCUT2D eigenvalue weighted by Crippen LogP contribution is -2.12. The smallest absolute Gasteiger partial charge is 0.356 e. The first kappa shape index (κ1) is 12.6. The Kier molecular flexibility index (Phi) is 3.67. The van der Waals surface area contributed by atoms with E-state index in [2.05, 4.69) is 4.98 Å². The molecule has 0 amide bonds. The van der Waals surface area contributed by atoms with Crippen LogP contribution in [0.2, 0.25) is 5.02 Å². The molecule has 0 aliphatic heterocycles. The van der Waals surface area contributed by atoms with Crippen LogP contribution in [0.15, 0.2) is 30.5 Å². The van der Waals surface area contributed by atoms with Crippen molar-refractivity contribution in [2.24, 2.45) is 0 Å². The highest BCUT2D eigenvalue weighted by Gasteiger charge is 2.14. The van der Waals surface area contributed by atoms with Gasteiger partial charge >= 0.3 is 5.97 Å². The molecule has 1 aromatic carbocycles. The number of carbonyl (C=O) groups excluding carboxylic acids is 1. The number of esters is 1. The topological polar surface area (TPSA) is 44.1 Å². The van der Waals surface area contributed by atoms with E-state index in [0.717, 1.165) is 11.4 Å². The number of halogens is 1. The van der Waals surface area contributed by atoms with Crippen LogP contribution in [0.25, 0.3) is 0 Å². The van der Waals surface area contributed by atoms with Gasteiger partial charge in [-0.25, -0.2) is 9.78 Å². The highest BCUT2D eigenvalue weighted by molar-refractivity contribution is 6.30. The van der Waals surface area contributed by atoms with Crippen molar-refractivity contribution in [2.45, 2.75) is 13.5 Å². The van der Waals surface area contributed by atoms with Crippen molar-refractivity contribution in [3.05, 3.63) is 52.6 Å². The molecule has 0 spiro atoms. The van der Waals surface area contributed by atoms with E-state index in [4.69, 9.17) is 16.3 Å². The number of imidazole rings is 1. The maximum absolute atomic E-state index is 11.6. The number of hydrogen-bond acceptors (Lipinski definition) is 3. The molecule has 5 heteroatoms. The van der Waals surface area contributed by atoms with Crippen molar-refractivity contribution in [1.29, 1.82) is 0 Å². The van der Waals surface area contributed by atoms with Crippen LogP contribution in [0.3, 0.4) is 0 Å². The van der Waals surface area contributed by atoms with E-state index in [1.165, 1.54) is 13.3 Å². The summed E-state index contributed by atoms with van der Waals surface area (Å²) in [5.74, 6) is 0.384.